The van der Waals surface area contributed by atoms with E-state index >= 15 is 0 Å². The Morgan fingerprint density at radius 3 is 2.25 bits per heavy atom. The van der Waals surface area contributed by atoms with Gasteiger partial charge in [0.05, 0.1) is 8.07 Å². The van der Waals surface area contributed by atoms with Crippen molar-refractivity contribution in [1.29, 1.82) is 0 Å². The standard InChI is InChI=1S/C14H14F2NSi.C6H5NO2.Ir/c1-18(2,3)11-5-7-14(17-9-11)12-6-4-10(15)8-13(12)16;8-6(9)5-3-1-2-4-7-5;/h4-5,7-9H,1-3H3;1-4H,(H,8,9);/q-1;;. The molecule has 0 atom stereocenters. The van der Waals surface area contributed by atoms with Crippen LogP contribution in [0.25, 0.3) is 11.3 Å². The van der Waals surface area contributed by atoms with Crippen molar-refractivity contribution in [2.24, 2.45) is 0 Å². The molecule has 0 aliphatic carbocycles. The minimum Gasteiger partial charge on any atom is -0.477 e. The number of benzene rings is 1. The van der Waals surface area contributed by atoms with Gasteiger partial charge in [0.25, 0.3) is 0 Å². The molecule has 1 radical (unpaired) electrons. The van der Waals surface area contributed by atoms with Crippen molar-refractivity contribution in [3.8, 4) is 11.3 Å². The Morgan fingerprint density at radius 1 is 1.11 bits per heavy atom. The maximum absolute atomic E-state index is 13.6. The summed E-state index contributed by atoms with van der Waals surface area (Å²) in [5.74, 6) is -2.26. The molecule has 0 fully saturated rings. The van der Waals surface area contributed by atoms with Gasteiger partial charge in [-0.15, -0.1) is 12.1 Å². The summed E-state index contributed by atoms with van der Waals surface area (Å²) in [6.07, 6.45) is 3.22. The quantitative estimate of drug-likeness (QED) is 0.376. The predicted molar refractivity (Wildman–Crippen MR) is 103 cm³/mol. The van der Waals surface area contributed by atoms with Crippen molar-refractivity contribution in [2.75, 3.05) is 0 Å². The summed E-state index contributed by atoms with van der Waals surface area (Å²) < 4.78 is 26.4. The molecule has 0 amide bonds. The van der Waals surface area contributed by atoms with Gasteiger partial charge in [0.2, 0.25) is 0 Å². The molecule has 4 nitrogen and oxygen atoms in total. The Labute approximate surface area is 177 Å². The van der Waals surface area contributed by atoms with Crippen LogP contribution in [0.3, 0.4) is 0 Å². The third-order valence-corrected chi connectivity index (χ3v) is 5.66. The van der Waals surface area contributed by atoms with Crippen LogP contribution in [-0.4, -0.2) is 29.1 Å². The minimum atomic E-state index is -1.41. The number of carbonyl (C=O) groups is 1. The zero-order valence-electron chi connectivity index (χ0n) is 15.5. The molecule has 0 bridgehead atoms. The first-order valence-electron chi connectivity index (χ1n) is 8.16. The first kappa shape index (κ1) is 23.8. The van der Waals surface area contributed by atoms with Gasteiger partial charge >= 0.3 is 5.97 Å². The van der Waals surface area contributed by atoms with Gasteiger partial charge in [-0.3, -0.25) is 8.78 Å². The van der Waals surface area contributed by atoms with Gasteiger partial charge in [0.15, 0.2) is 0 Å². The maximum atomic E-state index is 13.6. The van der Waals surface area contributed by atoms with E-state index in [9.17, 15) is 13.6 Å². The second-order valence-corrected chi connectivity index (χ2v) is 11.8. The summed E-state index contributed by atoms with van der Waals surface area (Å²) >= 11 is 0. The molecule has 8 heteroatoms. The number of aromatic carboxylic acids is 1. The third-order valence-electron chi connectivity index (χ3n) is 3.63. The molecule has 0 aliphatic rings. The normalized spacial score (nSPS) is 10.3. The first-order chi connectivity index (χ1) is 12.7. The van der Waals surface area contributed by atoms with Gasteiger partial charge in [0.1, 0.15) is 5.69 Å². The number of aromatic nitrogens is 2. The molecule has 0 spiro atoms. The zero-order valence-corrected chi connectivity index (χ0v) is 18.9. The van der Waals surface area contributed by atoms with E-state index in [1.54, 1.807) is 24.4 Å². The smallest absolute Gasteiger partial charge is 0.354 e. The second-order valence-electron chi connectivity index (χ2n) is 6.74. The van der Waals surface area contributed by atoms with Gasteiger partial charge < -0.3 is 10.1 Å². The number of hydrogen-bond donors (Lipinski definition) is 1. The number of halogens is 2. The molecule has 0 saturated heterocycles. The van der Waals surface area contributed by atoms with Crippen molar-refractivity contribution in [3.05, 3.63) is 78.3 Å². The summed E-state index contributed by atoms with van der Waals surface area (Å²) in [6, 6.07) is 13.0. The van der Waals surface area contributed by atoms with Crippen LogP contribution < -0.4 is 5.19 Å². The van der Waals surface area contributed by atoms with E-state index in [1.165, 1.54) is 17.4 Å². The molecule has 0 aliphatic heterocycles. The molecule has 1 N–H and O–H groups in total. The maximum Gasteiger partial charge on any atom is 0.354 e. The van der Waals surface area contributed by atoms with Crippen molar-refractivity contribution in [3.63, 3.8) is 0 Å². The molecule has 0 unspecified atom stereocenters. The Hall–Kier alpha value is -2.28. The molecular formula is C20H19F2IrN2O2Si-. The molecule has 2 heterocycles. The van der Waals surface area contributed by atoms with Crippen LogP contribution >= 0.6 is 0 Å². The average Bonchev–Trinajstić information content (AvgIpc) is 2.62. The predicted octanol–water partition coefficient (Wildman–Crippen LogP) is 4.15. The van der Waals surface area contributed by atoms with Gasteiger partial charge in [-0.25, -0.2) is 9.78 Å². The van der Waals surface area contributed by atoms with Crippen molar-refractivity contribution in [1.82, 2.24) is 9.97 Å². The minimum absolute atomic E-state index is 0. The molecule has 0 saturated carbocycles. The number of rotatable bonds is 3. The van der Waals surface area contributed by atoms with Crippen molar-refractivity contribution >= 4 is 19.2 Å². The number of carboxylic acids is 1. The summed E-state index contributed by atoms with van der Waals surface area (Å²) in [5.41, 5.74) is 0.769. The summed E-state index contributed by atoms with van der Waals surface area (Å²) in [5, 5.41) is 9.52. The van der Waals surface area contributed by atoms with E-state index in [-0.39, 0.29) is 31.4 Å². The van der Waals surface area contributed by atoms with E-state index in [0.717, 1.165) is 12.1 Å². The van der Waals surface area contributed by atoms with Gasteiger partial charge in [-0.05, 0) is 23.0 Å². The van der Waals surface area contributed by atoms with Crippen molar-refractivity contribution in [2.45, 2.75) is 19.6 Å². The zero-order chi connectivity index (χ0) is 20.0. The van der Waals surface area contributed by atoms with Crippen molar-refractivity contribution < 1.29 is 38.8 Å². The molecule has 28 heavy (non-hydrogen) atoms. The number of carboxylic acid groups (broad SMARTS) is 1. The molecular weight excluding hydrogens is 559 g/mol. The second kappa shape index (κ2) is 10.3. The third kappa shape index (κ3) is 6.71. The fraction of sp³-hybridized carbons (Fsp3) is 0.150. The summed E-state index contributed by atoms with van der Waals surface area (Å²) in [7, 11) is -1.41. The first-order valence-corrected chi connectivity index (χ1v) is 11.7. The number of pyridine rings is 2. The molecule has 2 aromatic heterocycles. The van der Waals surface area contributed by atoms with E-state index in [2.05, 4.69) is 35.7 Å². The number of hydrogen-bond acceptors (Lipinski definition) is 3. The summed E-state index contributed by atoms with van der Waals surface area (Å²) in [4.78, 5) is 18.0. The fourth-order valence-electron chi connectivity index (χ4n) is 2.12. The van der Waals surface area contributed by atoms with Crippen LogP contribution in [0.4, 0.5) is 8.78 Å². The molecule has 3 aromatic rings. The monoisotopic (exact) mass is 578 g/mol. The summed E-state index contributed by atoms with van der Waals surface area (Å²) in [6.45, 7) is 6.65. The molecule has 149 valence electrons. The van der Waals surface area contributed by atoms with Gasteiger partial charge in [-0.2, -0.15) is 0 Å². The SMILES string of the molecule is C[Si](C)(C)c1ccc(-c2[c-]cc(F)cc2F)nc1.O=C(O)c1ccccn1.[Ir]. The van der Waals surface area contributed by atoms with E-state index in [1.807, 2.05) is 6.07 Å². The fourth-order valence-corrected chi connectivity index (χ4v) is 3.15. The van der Waals surface area contributed by atoms with E-state index in [0.29, 0.717) is 5.69 Å². The van der Waals surface area contributed by atoms with Crippen LogP contribution in [0.5, 0.6) is 0 Å². The van der Waals surface area contributed by atoms with Crippen LogP contribution in [0, 0.1) is 17.7 Å². The van der Waals surface area contributed by atoms with E-state index in [4.69, 9.17) is 5.11 Å². The van der Waals surface area contributed by atoms with Gasteiger partial charge in [0, 0.05) is 44.1 Å². The molecule has 1 aromatic carbocycles. The Kier molecular flexibility index (Phi) is 8.75. The van der Waals surface area contributed by atoms with Crippen LogP contribution in [0.15, 0.2) is 54.9 Å². The molecule has 3 rings (SSSR count). The average molecular weight is 578 g/mol. The van der Waals surface area contributed by atoms with E-state index < -0.39 is 25.7 Å². The topological polar surface area (TPSA) is 63.1 Å². The Bertz CT molecular complexity index is 918. The van der Waals surface area contributed by atoms with Crippen LogP contribution in [0.2, 0.25) is 19.6 Å². The van der Waals surface area contributed by atoms with Crippen LogP contribution in [-0.2, 0) is 20.1 Å². The Balaban J connectivity index is 0.000000332. The number of nitrogens with zero attached hydrogens (tertiary/aromatic N) is 2. The van der Waals surface area contributed by atoms with Crippen LogP contribution in [0.1, 0.15) is 10.5 Å². The van der Waals surface area contributed by atoms with Gasteiger partial charge in [-0.1, -0.05) is 49.5 Å². The Morgan fingerprint density at radius 2 is 1.82 bits per heavy atom. The largest absolute Gasteiger partial charge is 0.477 e.